The van der Waals surface area contributed by atoms with Crippen LogP contribution in [-0.4, -0.2) is 22.2 Å². The zero-order valence-corrected chi connectivity index (χ0v) is 10.5. The number of nitrogens with one attached hydrogen (secondary N) is 1. The van der Waals surface area contributed by atoms with Crippen LogP contribution in [0.15, 0.2) is 5.51 Å². The van der Waals surface area contributed by atoms with Gasteiger partial charge in [0, 0.05) is 18.0 Å². The fourth-order valence-electron chi connectivity index (χ4n) is 1.40. The third kappa shape index (κ3) is 3.55. The molecule has 3 nitrogen and oxygen atoms in total. The van der Waals surface area contributed by atoms with E-state index < -0.39 is 5.60 Å². The van der Waals surface area contributed by atoms with Crippen LogP contribution >= 0.6 is 11.3 Å². The van der Waals surface area contributed by atoms with E-state index in [9.17, 15) is 5.11 Å². The van der Waals surface area contributed by atoms with Crippen LogP contribution in [0.1, 0.15) is 37.3 Å². The molecular formula is C11H20N2OS. The molecule has 1 aromatic rings. The number of thiazole rings is 1. The third-order valence-electron chi connectivity index (χ3n) is 2.90. The zero-order valence-electron chi connectivity index (χ0n) is 9.71. The molecule has 1 heterocycles. The first-order chi connectivity index (χ1) is 7.11. The molecule has 0 aliphatic carbocycles. The summed E-state index contributed by atoms with van der Waals surface area (Å²) >= 11 is 1.66. The summed E-state index contributed by atoms with van der Waals surface area (Å²) in [4.78, 5) is 5.44. The van der Waals surface area contributed by atoms with Crippen LogP contribution in [0.25, 0.3) is 0 Å². The average Bonchev–Trinajstić information content (AvgIpc) is 2.64. The van der Waals surface area contributed by atoms with Crippen molar-refractivity contribution in [3.8, 4) is 0 Å². The van der Waals surface area contributed by atoms with Crippen molar-refractivity contribution in [3.05, 3.63) is 16.1 Å². The Labute approximate surface area is 95.6 Å². The van der Waals surface area contributed by atoms with Gasteiger partial charge in [0.2, 0.25) is 0 Å². The van der Waals surface area contributed by atoms with Crippen molar-refractivity contribution in [2.75, 3.05) is 6.54 Å². The number of rotatable bonds is 6. The molecule has 0 bridgehead atoms. The summed E-state index contributed by atoms with van der Waals surface area (Å²) in [5.74, 6) is 0. The molecule has 0 aromatic carbocycles. The van der Waals surface area contributed by atoms with E-state index in [1.807, 2.05) is 26.3 Å². The van der Waals surface area contributed by atoms with Crippen LogP contribution in [0.4, 0.5) is 0 Å². The lowest BCUT2D eigenvalue weighted by atomic mass is 9.98. The van der Waals surface area contributed by atoms with Crippen LogP contribution < -0.4 is 5.32 Å². The summed E-state index contributed by atoms with van der Waals surface area (Å²) < 4.78 is 0. The summed E-state index contributed by atoms with van der Waals surface area (Å²) in [5.41, 5.74) is 2.39. The highest BCUT2D eigenvalue weighted by molar-refractivity contribution is 7.09. The van der Waals surface area contributed by atoms with E-state index in [1.54, 1.807) is 11.3 Å². The SMILES string of the molecule is CCC(O)(CC)CNCc1scnc1C. The second-order valence-corrected chi connectivity index (χ2v) is 4.84. The first-order valence-electron chi connectivity index (χ1n) is 5.43. The van der Waals surface area contributed by atoms with Crippen molar-refractivity contribution in [1.82, 2.24) is 10.3 Å². The molecule has 4 heteroatoms. The molecule has 0 saturated carbocycles. The molecule has 0 saturated heterocycles. The van der Waals surface area contributed by atoms with Crippen molar-refractivity contribution in [2.24, 2.45) is 0 Å². The van der Waals surface area contributed by atoms with Gasteiger partial charge < -0.3 is 10.4 Å². The van der Waals surface area contributed by atoms with Crippen LogP contribution in [0, 0.1) is 6.92 Å². The highest BCUT2D eigenvalue weighted by atomic mass is 32.1. The van der Waals surface area contributed by atoms with Crippen molar-refractivity contribution in [2.45, 2.75) is 45.8 Å². The van der Waals surface area contributed by atoms with Gasteiger partial charge in [0.05, 0.1) is 16.8 Å². The number of hydrogen-bond acceptors (Lipinski definition) is 4. The van der Waals surface area contributed by atoms with Gasteiger partial charge in [-0.25, -0.2) is 4.98 Å². The minimum absolute atomic E-state index is 0.557. The molecule has 0 fully saturated rings. The van der Waals surface area contributed by atoms with E-state index in [0.717, 1.165) is 25.1 Å². The van der Waals surface area contributed by atoms with Crippen LogP contribution in [-0.2, 0) is 6.54 Å². The molecule has 0 aliphatic rings. The molecule has 1 aromatic heterocycles. The summed E-state index contributed by atoms with van der Waals surface area (Å²) in [6, 6.07) is 0. The van der Waals surface area contributed by atoms with Crippen molar-refractivity contribution in [3.63, 3.8) is 0 Å². The summed E-state index contributed by atoms with van der Waals surface area (Å²) in [5, 5.41) is 13.3. The fraction of sp³-hybridized carbons (Fsp3) is 0.727. The van der Waals surface area contributed by atoms with Gasteiger partial charge >= 0.3 is 0 Å². The van der Waals surface area contributed by atoms with Crippen molar-refractivity contribution < 1.29 is 5.11 Å². The highest BCUT2D eigenvalue weighted by Crippen LogP contribution is 2.15. The predicted octanol–water partition coefficient (Wildman–Crippen LogP) is 2.09. The van der Waals surface area contributed by atoms with Gasteiger partial charge in [0.15, 0.2) is 0 Å². The van der Waals surface area contributed by atoms with E-state index in [1.165, 1.54) is 4.88 Å². The Morgan fingerprint density at radius 3 is 2.60 bits per heavy atom. The Kier molecular flexibility index (Phi) is 4.70. The Bertz CT molecular complexity index is 295. The van der Waals surface area contributed by atoms with Gasteiger partial charge in [-0.2, -0.15) is 0 Å². The molecule has 15 heavy (non-hydrogen) atoms. The van der Waals surface area contributed by atoms with E-state index in [0.29, 0.717) is 6.54 Å². The van der Waals surface area contributed by atoms with E-state index >= 15 is 0 Å². The first-order valence-corrected chi connectivity index (χ1v) is 6.31. The summed E-state index contributed by atoms with van der Waals surface area (Å²) in [7, 11) is 0. The second kappa shape index (κ2) is 5.58. The van der Waals surface area contributed by atoms with Gasteiger partial charge in [-0.3, -0.25) is 0 Å². The fourth-order valence-corrected chi connectivity index (χ4v) is 2.15. The average molecular weight is 228 g/mol. The van der Waals surface area contributed by atoms with Crippen LogP contribution in [0.3, 0.4) is 0 Å². The molecule has 0 unspecified atom stereocenters. The topological polar surface area (TPSA) is 45.1 Å². The molecule has 0 spiro atoms. The Morgan fingerprint density at radius 1 is 1.47 bits per heavy atom. The highest BCUT2D eigenvalue weighted by Gasteiger charge is 2.21. The number of aliphatic hydroxyl groups is 1. The number of aromatic nitrogens is 1. The zero-order chi connectivity index (χ0) is 11.3. The molecule has 0 amide bonds. The molecule has 86 valence electrons. The van der Waals surface area contributed by atoms with Crippen LogP contribution in [0.5, 0.6) is 0 Å². The van der Waals surface area contributed by atoms with E-state index in [-0.39, 0.29) is 0 Å². The molecular weight excluding hydrogens is 208 g/mol. The lowest BCUT2D eigenvalue weighted by Gasteiger charge is -2.25. The van der Waals surface area contributed by atoms with Gasteiger partial charge in [0.1, 0.15) is 0 Å². The lowest BCUT2D eigenvalue weighted by Crippen LogP contribution is -2.39. The summed E-state index contributed by atoms with van der Waals surface area (Å²) in [6.45, 7) is 7.50. The molecule has 0 atom stereocenters. The maximum absolute atomic E-state index is 10.1. The standard InChI is InChI=1S/C11H20N2OS/c1-4-11(14,5-2)7-12-6-10-9(3)13-8-15-10/h8,12,14H,4-7H2,1-3H3. The van der Waals surface area contributed by atoms with Gasteiger partial charge in [-0.1, -0.05) is 13.8 Å². The smallest absolute Gasteiger partial charge is 0.0798 e. The predicted molar refractivity (Wildman–Crippen MR) is 64.1 cm³/mol. The Hall–Kier alpha value is -0.450. The van der Waals surface area contributed by atoms with Gasteiger partial charge in [-0.05, 0) is 19.8 Å². The quantitative estimate of drug-likeness (QED) is 0.783. The lowest BCUT2D eigenvalue weighted by molar-refractivity contribution is 0.0323. The molecule has 0 radical (unpaired) electrons. The summed E-state index contributed by atoms with van der Waals surface area (Å²) in [6.07, 6.45) is 1.58. The van der Waals surface area contributed by atoms with Gasteiger partial charge in [0.25, 0.3) is 0 Å². The first kappa shape index (κ1) is 12.6. The largest absolute Gasteiger partial charge is 0.389 e. The molecule has 1 rings (SSSR count). The minimum Gasteiger partial charge on any atom is -0.389 e. The van der Waals surface area contributed by atoms with Crippen molar-refractivity contribution >= 4 is 11.3 Å². The second-order valence-electron chi connectivity index (χ2n) is 3.90. The normalized spacial score (nSPS) is 12.0. The Morgan fingerprint density at radius 2 is 2.13 bits per heavy atom. The third-order valence-corrected chi connectivity index (χ3v) is 3.84. The number of hydrogen-bond donors (Lipinski definition) is 2. The molecule has 2 N–H and O–H groups in total. The van der Waals surface area contributed by atoms with Crippen molar-refractivity contribution in [1.29, 1.82) is 0 Å². The monoisotopic (exact) mass is 228 g/mol. The van der Waals surface area contributed by atoms with E-state index in [2.05, 4.69) is 10.3 Å². The number of nitrogens with zero attached hydrogens (tertiary/aromatic N) is 1. The molecule has 0 aliphatic heterocycles. The van der Waals surface area contributed by atoms with Crippen LogP contribution in [0.2, 0.25) is 0 Å². The minimum atomic E-state index is -0.557. The number of aryl methyl sites for hydroxylation is 1. The Balaban J connectivity index is 2.36. The maximum atomic E-state index is 10.1. The van der Waals surface area contributed by atoms with E-state index in [4.69, 9.17) is 0 Å². The maximum Gasteiger partial charge on any atom is 0.0798 e. The van der Waals surface area contributed by atoms with Gasteiger partial charge in [-0.15, -0.1) is 11.3 Å².